The molecule has 0 unspecified atom stereocenters. The van der Waals surface area contributed by atoms with E-state index in [1.54, 1.807) is 12.1 Å². The van der Waals surface area contributed by atoms with Crippen LogP contribution in [0.4, 0.5) is 4.79 Å². The van der Waals surface area contributed by atoms with E-state index in [1.165, 1.54) is 4.90 Å². The molecule has 12 heteroatoms. The fourth-order valence-corrected chi connectivity index (χ4v) is 4.60. The molecular weight excluding hydrogens is 577 g/mol. The lowest BCUT2D eigenvalue weighted by Gasteiger charge is -2.30. The smallest absolute Gasteiger partial charge is 0.407 e. The summed E-state index contributed by atoms with van der Waals surface area (Å²) in [5.74, 6) is -0.411. The van der Waals surface area contributed by atoms with E-state index in [4.69, 9.17) is 16.7 Å². The molecule has 2 amide bonds. The van der Waals surface area contributed by atoms with E-state index in [1.807, 2.05) is 0 Å². The van der Waals surface area contributed by atoms with Gasteiger partial charge in [0.1, 0.15) is 0 Å². The lowest BCUT2D eigenvalue weighted by atomic mass is 10.1. The van der Waals surface area contributed by atoms with Gasteiger partial charge in [0.25, 0.3) is 0 Å². The van der Waals surface area contributed by atoms with Crippen LogP contribution in [0.2, 0.25) is 5.02 Å². The van der Waals surface area contributed by atoms with Crippen molar-refractivity contribution in [3.63, 3.8) is 0 Å². The van der Waals surface area contributed by atoms with Crippen molar-refractivity contribution in [2.45, 2.75) is 25.4 Å². The predicted octanol–water partition coefficient (Wildman–Crippen LogP) is 2.29. The van der Waals surface area contributed by atoms with Crippen LogP contribution in [-0.2, 0) is 22.2 Å². The summed E-state index contributed by atoms with van der Waals surface area (Å²) in [4.78, 5) is 24.5. The maximum Gasteiger partial charge on any atom is 0.407 e. The zero-order valence-electron chi connectivity index (χ0n) is 14.0. The first kappa shape index (κ1) is 22.7. The second kappa shape index (κ2) is 10.2. The van der Waals surface area contributed by atoms with Crippen LogP contribution in [0.3, 0.4) is 0 Å². The van der Waals surface area contributed by atoms with Gasteiger partial charge in [-0.3, -0.25) is 4.79 Å². The summed E-state index contributed by atoms with van der Waals surface area (Å²) in [7, 11) is -2.95. The minimum Gasteiger partial charge on any atom is -0.465 e. The molecule has 1 saturated heterocycles. The highest BCUT2D eigenvalue weighted by molar-refractivity contribution is 14.1. The average molecular weight is 595 g/mol. The molecule has 150 valence electrons. The van der Waals surface area contributed by atoms with Crippen LogP contribution in [0.1, 0.15) is 18.4 Å². The van der Waals surface area contributed by atoms with Crippen molar-refractivity contribution >= 4 is 73.0 Å². The highest BCUT2D eigenvalue weighted by Crippen LogP contribution is 2.28. The molecule has 0 spiro atoms. The lowest BCUT2D eigenvalue weighted by Crippen LogP contribution is -2.48. The molecule has 8 nitrogen and oxygen atoms in total. The molecule has 0 aliphatic carbocycles. The van der Waals surface area contributed by atoms with E-state index >= 15 is 0 Å². The van der Waals surface area contributed by atoms with Crippen LogP contribution in [-0.4, -0.2) is 60.4 Å². The van der Waals surface area contributed by atoms with E-state index in [0.717, 1.165) is 13.4 Å². The van der Waals surface area contributed by atoms with E-state index < -0.39 is 22.9 Å². The van der Waals surface area contributed by atoms with Crippen LogP contribution < -0.4 is 5.32 Å². The quantitative estimate of drug-likeness (QED) is 0.266. The third-order valence-electron chi connectivity index (χ3n) is 4.13. The Labute approximate surface area is 185 Å². The second-order valence-corrected chi connectivity index (χ2v) is 9.49. The molecule has 0 aromatic heterocycles. The molecule has 1 fully saturated rings. The number of carbonyl (C=O) groups excluding carboxylic acids is 1. The Morgan fingerprint density at radius 3 is 2.56 bits per heavy atom. The molecule has 27 heavy (non-hydrogen) atoms. The van der Waals surface area contributed by atoms with Crippen molar-refractivity contribution in [1.82, 2.24) is 14.5 Å². The summed E-state index contributed by atoms with van der Waals surface area (Å²) in [5, 5.41) is 12.2. The molecule has 1 heterocycles. The van der Waals surface area contributed by atoms with Crippen molar-refractivity contribution in [2.75, 3.05) is 19.6 Å². The topological polar surface area (TPSA) is 107 Å². The zero-order valence-corrected chi connectivity index (χ0v) is 19.4. The van der Waals surface area contributed by atoms with E-state index in [-0.39, 0.29) is 19.1 Å². The average Bonchev–Trinajstić information content (AvgIpc) is 2.59. The number of benzene rings is 1. The molecular formula is C15H18BrClIN3O5S. The first-order valence-electron chi connectivity index (χ1n) is 7.97. The summed E-state index contributed by atoms with van der Waals surface area (Å²) in [6, 6.07) is 3.29. The third kappa shape index (κ3) is 6.73. The van der Waals surface area contributed by atoms with Crippen LogP contribution in [0.15, 0.2) is 16.6 Å². The number of hydrogen-bond acceptors (Lipinski definition) is 4. The maximum atomic E-state index is 12.3. The van der Waals surface area contributed by atoms with Crippen LogP contribution in [0, 0.1) is 3.57 Å². The summed E-state index contributed by atoms with van der Waals surface area (Å²) in [6.07, 6.45) is 0.0331. The first-order valence-corrected chi connectivity index (χ1v) is 11.3. The Morgan fingerprint density at radius 2 is 2.00 bits per heavy atom. The van der Waals surface area contributed by atoms with E-state index in [2.05, 4.69) is 43.8 Å². The van der Waals surface area contributed by atoms with Gasteiger partial charge in [0.15, 0.2) is 0 Å². The second-order valence-electron chi connectivity index (χ2n) is 6.03. The standard InChI is InChI=1S/C15H18BrClIN3O5S/c16-11-5-9(13(18)6-12(11)17)7-21(27(25)26)8-14(22)19-10-1-3-20(4-2-10)15(23)24/h5-6,10,27H,1-4,7-8H2,(H,19,22)(H,23,24). The number of carboxylic acid groups (broad SMARTS) is 1. The van der Waals surface area contributed by atoms with Gasteiger partial charge in [0, 0.05) is 33.7 Å². The SMILES string of the molecule is O=C(CN(Cc1cc(Br)c(Cl)cc1I)[SH](=O)=O)NC1CCN(C(=O)O)CC1. The number of halogens is 3. The monoisotopic (exact) mass is 593 g/mol. The first-order chi connectivity index (χ1) is 12.7. The molecule has 1 aliphatic heterocycles. The van der Waals surface area contributed by atoms with Gasteiger partial charge in [-0.1, -0.05) is 11.6 Å². The van der Waals surface area contributed by atoms with Gasteiger partial charge in [0.05, 0.1) is 11.6 Å². The molecule has 2 N–H and O–H groups in total. The third-order valence-corrected chi connectivity index (χ3v) is 7.08. The van der Waals surface area contributed by atoms with Crippen LogP contribution in [0.5, 0.6) is 0 Å². The molecule has 0 atom stereocenters. The highest BCUT2D eigenvalue weighted by Gasteiger charge is 2.24. The zero-order chi connectivity index (χ0) is 20.1. The summed E-state index contributed by atoms with van der Waals surface area (Å²) < 4.78 is 25.7. The molecule has 1 aromatic rings. The van der Waals surface area contributed by atoms with Gasteiger partial charge in [0.2, 0.25) is 16.8 Å². The highest BCUT2D eigenvalue weighted by atomic mass is 127. The molecule has 0 bridgehead atoms. The van der Waals surface area contributed by atoms with Gasteiger partial charge in [-0.25, -0.2) is 13.2 Å². The van der Waals surface area contributed by atoms with Crippen molar-refractivity contribution in [3.05, 3.63) is 30.8 Å². The number of nitrogens with one attached hydrogen (secondary N) is 1. The van der Waals surface area contributed by atoms with Gasteiger partial charge < -0.3 is 15.3 Å². The van der Waals surface area contributed by atoms with Gasteiger partial charge in [-0.15, -0.1) is 0 Å². The molecule has 0 radical (unpaired) electrons. The van der Waals surface area contributed by atoms with Crippen molar-refractivity contribution < 1.29 is 23.1 Å². The van der Waals surface area contributed by atoms with Gasteiger partial charge in [-0.2, -0.15) is 4.31 Å². The number of piperidine rings is 1. The summed E-state index contributed by atoms with van der Waals surface area (Å²) in [5.41, 5.74) is 0.730. The number of amides is 2. The summed E-state index contributed by atoms with van der Waals surface area (Å²) in [6.45, 7) is 0.444. The normalized spacial score (nSPS) is 15.4. The van der Waals surface area contributed by atoms with E-state index in [9.17, 15) is 18.0 Å². The number of hydrogen-bond donors (Lipinski definition) is 3. The number of rotatable bonds is 6. The molecule has 2 rings (SSSR count). The van der Waals surface area contributed by atoms with Crippen molar-refractivity contribution in [2.24, 2.45) is 0 Å². The number of carbonyl (C=O) groups is 2. The van der Waals surface area contributed by atoms with E-state index in [0.29, 0.717) is 35.4 Å². The van der Waals surface area contributed by atoms with Gasteiger partial charge in [-0.05, 0) is 69.1 Å². The number of likely N-dealkylation sites (tertiary alicyclic amines) is 1. The van der Waals surface area contributed by atoms with Crippen molar-refractivity contribution in [1.29, 1.82) is 0 Å². The fourth-order valence-electron chi connectivity index (χ4n) is 2.71. The van der Waals surface area contributed by atoms with Crippen LogP contribution >= 0.6 is 50.1 Å². The Kier molecular flexibility index (Phi) is 8.59. The molecule has 1 aromatic carbocycles. The Balaban J connectivity index is 1.95. The number of thiol groups is 1. The maximum absolute atomic E-state index is 12.3. The lowest BCUT2D eigenvalue weighted by molar-refractivity contribution is -0.122. The minimum atomic E-state index is -2.95. The van der Waals surface area contributed by atoms with Gasteiger partial charge >= 0.3 is 6.09 Å². The predicted molar refractivity (Wildman–Crippen MR) is 113 cm³/mol. The minimum absolute atomic E-state index is 0.0532. The largest absolute Gasteiger partial charge is 0.465 e. The molecule has 1 aliphatic rings. The van der Waals surface area contributed by atoms with Crippen LogP contribution in [0.25, 0.3) is 0 Å². The Bertz CT molecular complexity index is 794. The molecule has 0 saturated carbocycles. The fraction of sp³-hybridized carbons (Fsp3) is 0.467. The van der Waals surface area contributed by atoms with Crippen molar-refractivity contribution in [3.8, 4) is 0 Å². The Hall–Kier alpha value is -0.630. The summed E-state index contributed by atoms with van der Waals surface area (Å²) >= 11 is 11.4. The number of nitrogens with zero attached hydrogens (tertiary/aromatic N) is 2. The Morgan fingerprint density at radius 1 is 1.37 bits per heavy atom.